The third-order valence-corrected chi connectivity index (χ3v) is 4.78. The van der Waals surface area contributed by atoms with E-state index < -0.39 is 0 Å². The van der Waals surface area contributed by atoms with Crippen molar-refractivity contribution >= 4 is 29.9 Å². The molecule has 1 aromatic rings. The molecular weight excluding hydrogens is 326 g/mol. The number of hydrogen-bond acceptors (Lipinski definition) is 3. The van der Waals surface area contributed by atoms with Gasteiger partial charge in [-0.1, -0.05) is 24.6 Å². The van der Waals surface area contributed by atoms with Gasteiger partial charge in [-0.2, -0.15) is 0 Å². The van der Waals surface area contributed by atoms with Crippen molar-refractivity contribution in [2.24, 2.45) is 17.6 Å². The van der Waals surface area contributed by atoms with Crippen molar-refractivity contribution in [2.75, 3.05) is 25.5 Å². The molecule has 1 fully saturated rings. The summed E-state index contributed by atoms with van der Waals surface area (Å²) in [4.78, 5) is 26.3. The van der Waals surface area contributed by atoms with Gasteiger partial charge < -0.3 is 16.0 Å². The Morgan fingerprint density at radius 2 is 1.88 bits per heavy atom. The molecule has 134 valence electrons. The number of nitrogens with two attached hydrogens (primary N) is 1. The number of rotatable bonds is 5. The van der Waals surface area contributed by atoms with Gasteiger partial charge in [0.1, 0.15) is 0 Å². The highest BCUT2D eigenvalue weighted by atomic mass is 35.5. The molecule has 2 amide bonds. The molecule has 0 spiro atoms. The molecule has 0 heterocycles. The van der Waals surface area contributed by atoms with Gasteiger partial charge in [0.25, 0.3) is 0 Å². The van der Waals surface area contributed by atoms with Gasteiger partial charge >= 0.3 is 0 Å². The van der Waals surface area contributed by atoms with Crippen LogP contribution >= 0.6 is 12.4 Å². The molecule has 5 nitrogen and oxygen atoms in total. The summed E-state index contributed by atoms with van der Waals surface area (Å²) >= 11 is 0. The van der Waals surface area contributed by atoms with E-state index in [9.17, 15) is 9.59 Å². The van der Waals surface area contributed by atoms with Gasteiger partial charge in [-0.15, -0.1) is 12.4 Å². The Bertz CT molecular complexity index is 571. The Kier molecular flexibility index (Phi) is 7.70. The number of halogens is 1. The van der Waals surface area contributed by atoms with Gasteiger partial charge in [0.15, 0.2) is 0 Å². The van der Waals surface area contributed by atoms with Crippen molar-refractivity contribution in [1.29, 1.82) is 0 Å². The largest absolute Gasteiger partial charge is 0.336 e. The number of benzene rings is 1. The van der Waals surface area contributed by atoms with Crippen LogP contribution in [0.25, 0.3) is 0 Å². The predicted octanol–water partition coefficient (Wildman–Crippen LogP) is 2.50. The molecule has 1 aliphatic carbocycles. The molecule has 24 heavy (non-hydrogen) atoms. The zero-order valence-electron chi connectivity index (χ0n) is 14.7. The quantitative estimate of drug-likeness (QED) is 0.853. The van der Waals surface area contributed by atoms with Crippen molar-refractivity contribution in [3.8, 4) is 0 Å². The summed E-state index contributed by atoms with van der Waals surface area (Å²) in [5.74, 6) is 0.0970. The van der Waals surface area contributed by atoms with Gasteiger partial charge in [-0.05, 0) is 50.3 Å². The van der Waals surface area contributed by atoms with Crippen LogP contribution in [0.15, 0.2) is 18.2 Å². The Labute approximate surface area is 150 Å². The number of hydrogen-bond donors (Lipinski definition) is 2. The predicted molar refractivity (Wildman–Crippen MR) is 99.3 cm³/mol. The molecule has 2 rings (SSSR count). The van der Waals surface area contributed by atoms with E-state index in [-0.39, 0.29) is 42.6 Å². The van der Waals surface area contributed by atoms with Crippen LogP contribution in [0.1, 0.15) is 30.4 Å². The second kappa shape index (κ2) is 9.04. The molecule has 1 aromatic carbocycles. The summed E-state index contributed by atoms with van der Waals surface area (Å²) in [6.07, 6.45) is 2.93. The normalized spacial score (nSPS) is 19.5. The van der Waals surface area contributed by atoms with Crippen LogP contribution in [0.5, 0.6) is 0 Å². The summed E-state index contributed by atoms with van der Waals surface area (Å²) in [5, 5.41) is 2.92. The molecule has 0 aliphatic heterocycles. The maximum absolute atomic E-state index is 12.5. The molecule has 0 bridgehead atoms. The van der Waals surface area contributed by atoms with Crippen molar-refractivity contribution in [3.63, 3.8) is 0 Å². The van der Waals surface area contributed by atoms with E-state index in [1.807, 2.05) is 32.0 Å². The van der Waals surface area contributed by atoms with Crippen LogP contribution in [0.3, 0.4) is 0 Å². The first kappa shape index (κ1) is 20.5. The van der Waals surface area contributed by atoms with Crippen LogP contribution in [0.4, 0.5) is 5.69 Å². The summed E-state index contributed by atoms with van der Waals surface area (Å²) < 4.78 is 0. The van der Waals surface area contributed by atoms with Gasteiger partial charge in [-0.3, -0.25) is 9.59 Å². The standard InChI is InChI=1S/C18H27N3O2.ClH/c1-12-6-4-7-13(2)17(12)20-16(22)11-21(3)18(23)15-9-5-8-14(15)10-19;/h4,6-7,14-15H,5,8-11,19H2,1-3H3,(H,20,22);1H/t14-,15-;/m1./s1. The third-order valence-electron chi connectivity index (χ3n) is 4.78. The fourth-order valence-electron chi connectivity index (χ4n) is 3.41. The van der Waals surface area contributed by atoms with E-state index >= 15 is 0 Å². The van der Waals surface area contributed by atoms with Gasteiger partial charge in [0.2, 0.25) is 11.8 Å². The third kappa shape index (κ3) is 4.71. The van der Waals surface area contributed by atoms with E-state index in [1.54, 1.807) is 7.05 Å². The van der Waals surface area contributed by atoms with Gasteiger partial charge in [0.05, 0.1) is 6.54 Å². The molecule has 1 saturated carbocycles. The number of nitrogens with one attached hydrogen (secondary N) is 1. The maximum Gasteiger partial charge on any atom is 0.243 e. The number of likely N-dealkylation sites (N-methyl/N-ethyl adjacent to an activating group) is 1. The molecule has 0 radical (unpaired) electrons. The van der Waals surface area contributed by atoms with E-state index in [0.717, 1.165) is 36.1 Å². The Balaban J connectivity index is 0.00000288. The van der Waals surface area contributed by atoms with Crippen LogP contribution in [-0.4, -0.2) is 36.9 Å². The zero-order chi connectivity index (χ0) is 17.0. The lowest BCUT2D eigenvalue weighted by Crippen LogP contribution is -2.40. The summed E-state index contributed by atoms with van der Waals surface area (Å²) in [7, 11) is 1.69. The maximum atomic E-state index is 12.5. The number of anilines is 1. The van der Waals surface area contributed by atoms with Gasteiger partial charge in [-0.25, -0.2) is 0 Å². The minimum atomic E-state index is -0.166. The highest BCUT2D eigenvalue weighted by Gasteiger charge is 2.34. The minimum absolute atomic E-state index is 0. The van der Waals surface area contributed by atoms with Crippen molar-refractivity contribution in [2.45, 2.75) is 33.1 Å². The number of carbonyl (C=O) groups excluding carboxylic acids is 2. The number of para-hydroxylation sites is 1. The molecule has 0 aromatic heterocycles. The Morgan fingerprint density at radius 3 is 2.46 bits per heavy atom. The number of amides is 2. The van der Waals surface area contributed by atoms with Crippen molar-refractivity contribution in [3.05, 3.63) is 29.3 Å². The van der Waals surface area contributed by atoms with E-state index in [2.05, 4.69) is 5.32 Å². The molecule has 0 saturated heterocycles. The molecule has 6 heteroatoms. The van der Waals surface area contributed by atoms with Crippen molar-refractivity contribution < 1.29 is 9.59 Å². The molecule has 1 aliphatic rings. The highest BCUT2D eigenvalue weighted by Crippen LogP contribution is 2.32. The van der Waals surface area contributed by atoms with Gasteiger partial charge in [0, 0.05) is 18.7 Å². The smallest absolute Gasteiger partial charge is 0.243 e. The fraction of sp³-hybridized carbons (Fsp3) is 0.556. The van der Waals surface area contributed by atoms with Crippen LogP contribution in [0.2, 0.25) is 0 Å². The summed E-state index contributed by atoms with van der Waals surface area (Å²) in [6, 6.07) is 5.88. The first-order chi connectivity index (χ1) is 10.9. The molecular formula is C18H28ClN3O2. The van der Waals surface area contributed by atoms with Crippen molar-refractivity contribution in [1.82, 2.24) is 4.90 Å². The topological polar surface area (TPSA) is 75.4 Å². The lowest BCUT2D eigenvalue weighted by atomic mass is 9.95. The van der Waals surface area contributed by atoms with E-state index in [1.165, 1.54) is 4.90 Å². The van der Waals surface area contributed by atoms with Crippen LogP contribution < -0.4 is 11.1 Å². The fourth-order valence-corrected chi connectivity index (χ4v) is 3.41. The lowest BCUT2D eigenvalue weighted by Gasteiger charge is -2.24. The molecule has 2 atom stereocenters. The second-order valence-electron chi connectivity index (χ2n) is 6.54. The highest BCUT2D eigenvalue weighted by molar-refractivity contribution is 5.96. The van der Waals surface area contributed by atoms with E-state index in [0.29, 0.717) is 6.54 Å². The second-order valence-corrected chi connectivity index (χ2v) is 6.54. The average molecular weight is 354 g/mol. The zero-order valence-corrected chi connectivity index (χ0v) is 15.5. The lowest BCUT2D eigenvalue weighted by molar-refractivity contribution is -0.137. The monoisotopic (exact) mass is 353 g/mol. The number of aryl methyl sites for hydroxylation is 2. The summed E-state index contributed by atoms with van der Waals surface area (Å²) in [5.41, 5.74) is 8.62. The first-order valence-corrected chi connectivity index (χ1v) is 8.25. The average Bonchev–Trinajstić information content (AvgIpc) is 2.98. The van der Waals surface area contributed by atoms with Crippen LogP contribution in [0, 0.1) is 25.7 Å². The van der Waals surface area contributed by atoms with Crippen LogP contribution in [-0.2, 0) is 9.59 Å². The number of nitrogens with zero attached hydrogens (tertiary/aromatic N) is 1. The Hall–Kier alpha value is -1.59. The first-order valence-electron chi connectivity index (χ1n) is 8.25. The summed E-state index contributed by atoms with van der Waals surface area (Å²) in [6.45, 7) is 4.53. The van der Waals surface area contributed by atoms with E-state index in [4.69, 9.17) is 5.73 Å². The molecule has 3 N–H and O–H groups in total. The SMILES string of the molecule is Cc1cccc(C)c1NC(=O)CN(C)C(=O)[C@@H]1CCC[C@@H]1CN.Cl. The molecule has 0 unspecified atom stereocenters. The Morgan fingerprint density at radius 1 is 1.25 bits per heavy atom. The minimum Gasteiger partial charge on any atom is -0.336 e. The number of carbonyl (C=O) groups is 2.